The van der Waals surface area contributed by atoms with Crippen molar-refractivity contribution in [3.05, 3.63) is 71.0 Å². The van der Waals surface area contributed by atoms with Gasteiger partial charge in [-0.3, -0.25) is 4.79 Å². The van der Waals surface area contributed by atoms with Gasteiger partial charge in [-0.25, -0.2) is 9.97 Å². The van der Waals surface area contributed by atoms with Crippen molar-refractivity contribution < 1.29 is 9.53 Å². The van der Waals surface area contributed by atoms with Crippen LogP contribution in [0.3, 0.4) is 0 Å². The summed E-state index contributed by atoms with van der Waals surface area (Å²) >= 11 is 6.03. The fraction of sp³-hybridized carbons (Fsp3) is 0.150. The maximum Gasteiger partial charge on any atom is 0.274 e. The Morgan fingerprint density at radius 3 is 2.63 bits per heavy atom. The highest BCUT2D eigenvalue weighted by Crippen LogP contribution is 2.29. The fourth-order valence-electron chi connectivity index (χ4n) is 2.46. The summed E-state index contributed by atoms with van der Waals surface area (Å²) in [5, 5.41) is 6.40. The molecule has 2 N–H and O–H groups in total. The maximum absolute atomic E-state index is 12.5. The number of carbonyl (C=O) groups excluding carboxylic acids is 1. The Kier molecular flexibility index (Phi) is 5.88. The monoisotopic (exact) mass is 382 g/mol. The van der Waals surface area contributed by atoms with Gasteiger partial charge in [-0.2, -0.15) is 0 Å². The third kappa shape index (κ3) is 4.74. The van der Waals surface area contributed by atoms with Crippen molar-refractivity contribution in [3.8, 4) is 5.75 Å². The topological polar surface area (TPSA) is 76.1 Å². The summed E-state index contributed by atoms with van der Waals surface area (Å²) in [7, 11) is 1.56. The summed E-state index contributed by atoms with van der Waals surface area (Å²) in [6.07, 6.45) is 2.46. The molecule has 7 heteroatoms. The molecular formula is C20H19ClN4O2. The van der Waals surface area contributed by atoms with E-state index in [2.05, 4.69) is 27.5 Å². The molecule has 3 rings (SSSR count). The molecule has 0 bridgehead atoms. The molecule has 1 aromatic heterocycles. The van der Waals surface area contributed by atoms with Gasteiger partial charge >= 0.3 is 0 Å². The second-order valence-corrected chi connectivity index (χ2v) is 6.18. The number of amides is 1. The normalized spacial score (nSPS) is 10.3. The number of hydrogen-bond acceptors (Lipinski definition) is 5. The van der Waals surface area contributed by atoms with Crippen LogP contribution in [0.15, 0.2) is 54.7 Å². The van der Waals surface area contributed by atoms with Crippen LogP contribution in [0.25, 0.3) is 0 Å². The van der Waals surface area contributed by atoms with Crippen molar-refractivity contribution in [1.29, 1.82) is 0 Å². The van der Waals surface area contributed by atoms with Gasteiger partial charge < -0.3 is 15.4 Å². The molecule has 6 nitrogen and oxygen atoms in total. The van der Waals surface area contributed by atoms with Gasteiger partial charge in [0.05, 0.1) is 12.8 Å². The number of anilines is 3. The van der Waals surface area contributed by atoms with Crippen molar-refractivity contribution >= 4 is 34.8 Å². The number of ether oxygens (including phenoxy) is 1. The Morgan fingerprint density at radius 2 is 1.93 bits per heavy atom. The minimum Gasteiger partial charge on any atom is -0.495 e. The SMILES string of the molecule is CCc1ccc(NC(=O)c2ccnc(Nc3cc(Cl)ccc3OC)n2)cc1. The zero-order valence-electron chi connectivity index (χ0n) is 15.0. The first-order valence-electron chi connectivity index (χ1n) is 8.43. The number of nitrogens with one attached hydrogen (secondary N) is 2. The lowest BCUT2D eigenvalue weighted by Gasteiger charge is -2.11. The van der Waals surface area contributed by atoms with Gasteiger partial charge in [0.1, 0.15) is 11.4 Å². The van der Waals surface area contributed by atoms with Crippen molar-refractivity contribution in [1.82, 2.24) is 9.97 Å². The van der Waals surface area contributed by atoms with Crippen LogP contribution in [0.5, 0.6) is 5.75 Å². The Bertz CT molecular complexity index is 945. The van der Waals surface area contributed by atoms with Crippen LogP contribution >= 0.6 is 11.6 Å². The highest BCUT2D eigenvalue weighted by molar-refractivity contribution is 6.31. The molecule has 0 aliphatic heterocycles. The molecule has 0 spiro atoms. The average Bonchev–Trinajstić information content (AvgIpc) is 2.69. The number of aryl methyl sites for hydroxylation is 1. The number of aromatic nitrogens is 2. The molecule has 3 aromatic rings. The summed E-state index contributed by atoms with van der Waals surface area (Å²) in [6.45, 7) is 2.08. The number of methoxy groups -OCH3 is 1. The Labute approximate surface area is 162 Å². The minimum absolute atomic E-state index is 0.244. The van der Waals surface area contributed by atoms with E-state index in [1.54, 1.807) is 31.4 Å². The molecule has 138 valence electrons. The largest absolute Gasteiger partial charge is 0.495 e. The Hall–Kier alpha value is -3.12. The minimum atomic E-state index is -0.317. The Morgan fingerprint density at radius 1 is 1.15 bits per heavy atom. The first-order chi connectivity index (χ1) is 13.1. The van der Waals surface area contributed by atoms with Gasteiger partial charge in [-0.1, -0.05) is 30.7 Å². The van der Waals surface area contributed by atoms with E-state index < -0.39 is 0 Å². The van der Waals surface area contributed by atoms with Crippen molar-refractivity contribution in [2.24, 2.45) is 0 Å². The zero-order chi connectivity index (χ0) is 19.2. The predicted molar refractivity (Wildman–Crippen MR) is 107 cm³/mol. The van der Waals surface area contributed by atoms with E-state index in [1.165, 1.54) is 11.8 Å². The molecule has 1 heterocycles. The first-order valence-corrected chi connectivity index (χ1v) is 8.80. The molecule has 0 radical (unpaired) electrons. The Balaban J connectivity index is 1.76. The number of carbonyl (C=O) groups is 1. The first kappa shape index (κ1) is 18.7. The fourth-order valence-corrected chi connectivity index (χ4v) is 2.63. The van der Waals surface area contributed by atoms with Gasteiger partial charge in [0.2, 0.25) is 5.95 Å². The number of halogens is 1. The van der Waals surface area contributed by atoms with Gasteiger partial charge in [0.15, 0.2) is 0 Å². The van der Waals surface area contributed by atoms with Crippen LogP contribution in [-0.4, -0.2) is 23.0 Å². The molecule has 0 saturated heterocycles. The number of rotatable bonds is 6. The van der Waals surface area contributed by atoms with Gasteiger partial charge in [0, 0.05) is 16.9 Å². The average molecular weight is 383 g/mol. The van der Waals surface area contributed by atoms with E-state index >= 15 is 0 Å². The van der Waals surface area contributed by atoms with E-state index in [4.69, 9.17) is 16.3 Å². The quantitative estimate of drug-likeness (QED) is 0.646. The molecule has 2 aromatic carbocycles. The summed E-state index contributed by atoms with van der Waals surface area (Å²) in [6, 6.07) is 14.4. The van der Waals surface area contributed by atoms with Crippen LogP contribution in [-0.2, 0) is 6.42 Å². The van der Waals surface area contributed by atoms with Gasteiger partial charge in [-0.05, 0) is 48.4 Å². The number of hydrogen-bond donors (Lipinski definition) is 2. The molecule has 0 fully saturated rings. The highest BCUT2D eigenvalue weighted by atomic mass is 35.5. The van der Waals surface area contributed by atoms with Crippen LogP contribution in [0, 0.1) is 0 Å². The van der Waals surface area contributed by atoms with Crippen LogP contribution in [0.2, 0.25) is 5.02 Å². The second kappa shape index (κ2) is 8.51. The summed E-state index contributed by atoms with van der Waals surface area (Å²) in [5.41, 5.74) is 2.77. The number of nitrogens with zero attached hydrogens (tertiary/aromatic N) is 2. The van der Waals surface area contributed by atoms with Gasteiger partial charge in [0.25, 0.3) is 5.91 Å². The predicted octanol–water partition coefficient (Wildman–Crippen LogP) is 4.70. The standard InChI is InChI=1S/C20H19ClN4O2/c1-3-13-4-7-15(8-5-13)23-19(26)16-10-11-22-20(24-16)25-17-12-14(21)6-9-18(17)27-2/h4-12H,3H2,1-2H3,(H,23,26)(H,22,24,25). The highest BCUT2D eigenvalue weighted by Gasteiger charge is 2.11. The van der Waals surface area contributed by atoms with E-state index in [9.17, 15) is 4.79 Å². The lowest BCUT2D eigenvalue weighted by molar-refractivity contribution is 0.102. The third-order valence-corrected chi connectivity index (χ3v) is 4.15. The second-order valence-electron chi connectivity index (χ2n) is 5.74. The molecule has 0 unspecified atom stereocenters. The van der Waals surface area contributed by atoms with E-state index in [-0.39, 0.29) is 17.5 Å². The van der Waals surface area contributed by atoms with Crippen LogP contribution in [0.4, 0.5) is 17.3 Å². The smallest absolute Gasteiger partial charge is 0.274 e. The van der Waals surface area contributed by atoms with Crippen LogP contribution in [0.1, 0.15) is 23.0 Å². The van der Waals surface area contributed by atoms with E-state index in [0.717, 1.165) is 6.42 Å². The summed E-state index contributed by atoms with van der Waals surface area (Å²) in [5.74, 6) is 0.543. The summed E-state index contributed by atoms with van der Waals surface area (Å²) < 4.78 is 5.29. The van der Waals surface area contributed by atoms with Crippen molar-refractivity contribution in [3.63, 3.8) is 0 Å². The molecule has 0 saturated carbocycles. The van der Waals surface area contributed by atoms with E-state index in [0.29, 0.717) is 22.1 Å². The molecular weight excluding hydrogens is 364 g/mol. The van der Waals surface area contributed by atoms with E-state index in [1.807, 2.05) is 24.3 Å². The molecule has 0 aliphatic rings. The lowest BCUT2D eigenvalue weighted by Crippen LogP contribution is -2.14. The van der Waals surface area contributed by atoms with Crippen LogP contribution < -0.4 is 15.4 Å². The molecule has 0 atom stereocenters. The lowest BCUT2D eigenvalue weighted by atomic mass is 10.1. The maximum atomic E-state index is 12.5. The van der Waals surface area contributed by atoms with Crippen molar-refractivity contribution in [2.45, 2.75) is 13.3 Å². The molecule has 0 aliphatic carbocycles. The van der Waals surface area contributed by atoms with Crippen molar-refractivity contribution in [2.75, 3.05) is 17.7 Å². The molecule has 27 heavy (non-hydrogen) atoms. The number of benzene rings is 2. The molecule has 1 amide bonds. The summed E-state index contributed by atoms with van der Waals surface area (Å²) in [4.78, 5) is 20.9. The van der Waals surface area contributed by atoms with Gasteiger partial charge in [-0.15, -0.1) is 0 Å². The third-order valence-electron chi connectivity index (χ3n) is 3.92. The zero-order valence-corrected chi connectivity index (χ0v) is 15.7.